The van der Waals surface area contributed by atoms with Gasteiger partial charge in [0.2, 0.25) is 0 Å². The summed E-state index contributed by atoms with van der Waals surface area (Å²) in [5.41, 5.74) is 5.54. The summed E-state index contributed by atoms with van der Waals surface area (Å²) in [6.07, 6.45) is 0.741. The molecule has 5 heteroatoms. The van der Waals surface area contributed by atoms with E-state index in [4.69, 9.17) is 5.73 Å². The van der Waals surface area contributed by atoms with Gasteiger partial charge in [-0.2, -0.15) is 0 Å². The molecule has 76 valence electrons. The molecule has 0 aliphatic heterocycles. The second kappa shape index (κ2) is 4.76. The van der Waals surface area contributed by atoms with Crippen LogP contribution in [0.15, 0.2) is 29.2 Å². The van der Waals surface area contributed by atoms with Gasteiger partial charge in [-0.1, -0.05) is 18.2 Å². The van der Waals surface area contributed by atoms with Crippen molar-refractivity contribution >= 4 is 16.9 Å². The number of hydrogen-bond donors (Lipinski definition) is 1. The first-order valence-corrected chi connectivity index (χ1v) is 5.50. The second-order valence-electron chi connectivity index (χ2n) is 2.67. The number of amides is 1. The fraction of sp³-hybridized carbons (Fsp3) is 0.222. The maximum atomic E-state index is 11.3. The summed E-state index contributed by atoms with van der Waals surface area (Å²) in [5.74, 6) is 0. The molecule has 0 aliphatic rings. The summed E-state index contributed by atoms with van der Waals surface area (Å²) >= 11 is 0. The van der Waals surface area contributed by atoms with Crippen molar-refractivity contribution in [1.82, 2.24) is 0 Å². The normalized spacial score (nSPS) is 12.1. The van der Waals surface area contributed by atoms with Crippen molar-refractivity contribution in [1.29, 1.82) is 0 Å². The van der Waals surface area contributed by atoms with Crippen molar-refractivity contribution in [3.8, 4) is 0 Å². The molecule has 0 bridgehead atoms. The van der Waals surface area contributed by atoms with E-state index in [0.29, 0.717) is 10.5 Å². The topological polar surface area (TPSA) is 69.4 Å². The molecular weight excluding hydrogens is 202 g/mol. The smallest absolute Gasteiger partial charge is 0.404 e. The molecule has 0 fully saturated rings. The Morgan fingerprint density at radius 1 is 1.50 bits per heavy atom. The number of carbonyl (C=O) groups excluding carboxylic acids is 1. The third kappa shape index (κ3) is 2.85. The Bertz CT molecular complexity index is 365. The highest BCUT2D eigenvalue weighted by Crippen LogP contribution is 2.13. The maximum Gasteiger partial charge on any atom is 0.404 e. The van der Waals surface area contributed by atoms with Crippen LogP contribution in [0.1, 0.15) is 5.56 Å². The highest BCUT2D eigenvalue weighted by Gasteiger charge is 2.06. The Morgan fingerprint density at radius 3 is 2.71 bits per heavy atom. The van der Waals surface area contributed by atoms with Crippen LogP contribution in [-0.2, 0) is 22.1 Å². The molecule has 4 nitrogen and oxygen atoms in total. The van der Waals surface area contributed by atoms with Crippen molar-refractivity contribution in [3.05, 3.63) is 29.8 Å². The van der Waals surface area contributed by atoms with E-state index in [1.807, 2.05) is 0 Å². The fourth-order valence-corrected chi connectivity index (χ4v) is 1.82. The largest absolute Gasteiger partial charge is 0.445 e. The monoisotopic (exact) mass is 213 g/mol. The molecule has 1 aromatic rings. The van der Waals surface area contributed by atoms with E-state index in [9.17, 15) is 9.00 Å². The van der Waals surface area contributed by atoms with E-state index >= 15 is 0 Å². The summed E-state index contributed by atoms with van der Waals surface area (Å²) < 4.78 is 15.9. The van der Waals surface area contributed by atoms with Crippen molar-refractivity contribution < 1.29 is 13.7 Å². The molecule has 1 unspecified atom stereocenters. The van der Waals surface area contributed by atoms with Crippen LogP contribution in [0.25, 0.3) is 0 Å². The quantitative estimate of drug-likeness (QED) is 0.815. The van der Waals surface area contributed by atoms with Gasteiger partial charge in [-0.15, -0.1) is 0 Å². The molecule has 0 aromatic heterocycles. The Labute approximate surface area is 84.5 Å². The summed E-state index contributed by atoms with van der Waals surface area (Å²) in [5, 5.41) is 0. The van der Waals surface area contributed by atoms with Crippen LogP contribution < -0.4 is 5.73 Å². The van der Waals surface area contributed by atoms with Crippen LogP contribution in [0, 0.1) is 0 Å². The van der Waals surface area contributed by atoms with Crippen molar-refractivity contribution in [3.63, 3.8) is 0 Å². The van der Waals surface area contributed by atoms with Gasteiger partial charge in [0.05, 0.1) is 10.8 Å². The van der Waals surface area contributed by atoms with Crippen LogP contribution in [0.5, 0.6) is 0 Å². The molecular formula is C9H11NO3S. The SMILES string of the molecule is CS(=O)c1ccccc1COC(N)=O. The standard InChI is InChI=1S/C9H11NO3S/c1-14(12)8-5-3-2-4-7(8)6-13-9(10)11/h2-5H,6H2,1H3,(H2,10,11). The second-order valence-corrected chi connectivity index (χ2v) is 4.02. The minimum absolute atomic E-state index is 0.0606. The fourth-order valence-electron chi connectivity index (χ4n) is 1.05. The third-order valence-corrected chi connectivity index (χ3v) is 2.67. The predicted octanol–water partition coefficient (Wildman–Crippen LogP) is 1.02. The van der Waals surface area contributed by atoms with Gasteiger partial charge in [-0.25, -0.2) is 4.79 Å². The first kappa shape index (κ1) is 10.7. The summed E-state index contributed by atoms with van der Waals surface area (Å²) in [7, 11) is -1.09. The van der Waals surface area contributed by atoms with E-state index in [1.54, 1.807) is 30.5 Å². The van der Waals surface area contributed by atoms with Crippen LogP contribution >= 0.6 is 0 Å². The Hall–Kier alpha value is -1.36. The first-order chi connectivity index (χ1) is 6.61. The summed E-state index contributed by atoms with van der Waals surface area (Å²) in [6.45, 7) is 0.0606. The molecule has 1 aromatic carbocycles. The van der Waals surface area contributed by atoms with E-state index in [2.05, 4.69) is 4.74 Å². The molecule has 1 amide bonds. The van der Waals surface area contributed by atoms with E-state index in [1.165, 1.54) is 0 Å². The predicted molar refractivity (Wildman–Crippen MR) is 53.1 cm³/mol. The average molecular weight is 213 g/mol. The average Bonchev–Trinajstić information content (AvgIpc) is 2.15. The number of ether oxygens (including phenoxy) is 1. The van der Waals surface area contributed by atoms with Gasteiger partial charge in [0.15, 0.2) is 0 Å². The third-order valence-electron chi connectivity index (χ3n) is 1.65. The number of carbonyl (C=O) groups is 1. The molecule has 0 radical (unpaired) electrons. The van der Waals surface area contributed by atoms with Crippen molar-refractivity contribution in [2.75, 3.05) is 6.26 Å². The molecule has 1 rings (SSSR count). The van der Waals surface area contributed by atoms with Crippen LogP contribution in [0.2, 0.25) is 0 Å². The number of hydrogen-bond acceptors (Lipinski definition) is 3. The highest BCUT2D eigenvalue weighted by atomic mass is 32.2. The molecule has 0 spiro atoms. The lowest BCUT2D eigenvalue weighted by Crippen LogP contribution is -2.13. The van der Waals surface area contributed by atoms with Crippen molar-refractivity contribution in [2.45, 2.75) is 11.5 Å². The Balaban J connectivity index is 2.84. The lowest BCUT2D eigenvalue weighted by molar-refractivity contribution is 0.149. The molecule has 0 saturated heterocycles. The van der Waals surface area contributed by atoms with Crippen LogP contribution in [-0.4, -0.2) is 16.6 Å². The Morgan fingerprint density at radius 2 is 2.14 bits per heavy atom. The van der Waals surface area contributed by atoms with Crippen LogP contribution in [0.4, 0.5) is 4.79 Å². The van der Waals surface area contributed by atoms with Gasteiger partial charge in [-0.05, 0) is 6.07 Å². The van der Waals surface area contributed by atoms with Gasteiger partial charge in [0, 0.05) is 16.7 Å². The van der Waals surface area contributed by atoms with Gasteiger partial charge >= 0.3 is 6.09 Å². The first-order valence-electron chi connectivity index (χ1n) is 3.95. The lowest BCUT2D eigenvalue weighted by Gasteiger charge is -2.06. The van der Waals surface area contributed by atoms with Crippen LogP contribution in [0.3, 0.4) is 0 Å². The summed E-state index contributed by atoms with van der Waals surface area (Å²) in [6, 6.07) is 7.05. The van der Waals surface area contributed by atoms with E-state index < -0.39 is 16.9 Å². The van der Waals surface area contributed by atoms with Gasteiger partial charge in [-0.3, -0.25) is 4.21 Å². The number of benzene rings is 1. The minimum Gasteiger partial charge on any atom is -0.445 e. The molecule has 1 atom stereocenters. The molecule has 0 aliphatic carbocycles. The highest BCUT2D eigenvalue weighted by molar-refractivity contribution is 7.84. The zero-order valence-electron chi connectivity index (χ0n) is 7.73. The van der Waals surface area contributed by atoms with Gasteiger partial charge < -0.3 is 10.5 Å². The lowest BCUT2D eigenvalue weighted by atomic mass is 10.2. The maximum absolute atomic E-state index is 11.3. The van der Waals surface area contributed by atoms with E-state index in [0.717, 1.165) is 0 Å². The number of nitrogens with two attached hydrogens (primary N) is 1. The molecule has 14 heavy (non-hydrogen) atoms. The minimum atomic E-state index is -1.09. The Kier molecular flexibility index (Phi) is 3.64. The van der Waals surface area contributed by atoms with E-state index in [-0.39, 0.29) is 6.61 Å². The van der Waals surface area contributed by atoms with Gasteiger partial charge in [0.25, 0.3) is 0 Å². The zero-order valence-corrected chi connectivity index (χ0v) is 8.54. The number of primary amides is 1. The molecule has 0 saturated carbocycles. The summed E-state index contributed by atoms with van der Waals surface area (Å²) in [4.78, 5) is 11.0. The van der Waals surface area contributed by atoms with Gasteiger partial charge in [0.1, 0.15) is 6.61 Å². The molecule has 2 N–H and O–H groups in total. The zero-order chi connectivity index (χ0) is 10.6. The number of rotatable bonds is 3. The molecule has 0 heterocycles. The van der Waals surface area contributed by atoms with Crippen molar-refractivity contribution in [2.24, 2.45) is 5.73 Å².